The molecule has 0 amide bonds. The van der Waals surface area contributed by atoms with Crippen LogP contribution in [0.25, 0.3) is 0 Å². The largest absolute Gasteiger partial charge is 0.374 e. The Morgan fingerprint density at radius 2 is 2.06 bits per heavy atom. The van der Waals surface area contributed by atoms with E-state index in [1.54, 1.807) is 6.07 Å². The standard InChI is InChI=1S/C15H25FN2/c1-5-9-17-10-13-14(16)7-6-8-15(13)18(4)11-12(2)3/h6-8,12,17H,5,9-11H2,1-4H3. The van der Waals surface area contributed by atoms with Crippen molar-refractivity contribution in [2.75, 3.05) is 25.0 Å². The van der Waals surface area contributed by atoms with Crippen molar-refractivity contribution in [3.8, 4) is 0 Å². The van der Waals surface area contributed by atoms with Gasteiger partial charge in [-0.05, 0) is 31.0 Å². The van der Waals surface area contributed by atoms with E-state index in [9.17, 15) is 4.39 Å². The minimum absolute atomic E-state index is 0.119. The van der Waals surface area contributed by atoms with Crippen LogP contribution in [0.4, 0.5) is 10.1 Å². The number of rotatable bonds is 7. The number of benzene rings is 1. The third-order valence-electron chi connectivity index (χ3n) is 2.87. The minimum atomic E-state index is -0.119. The smallest absolute Gasteiger partial charge is 0.129 e. The molecule has 2 nitrogen and oxygen atoms in total. The van der Waals surface area contributed by atoms with Crippen LogP contribution in [0.3, 0.4) is 0 Å². The van der Waals surface area contributed by atoms with Crippen molar-refractivity contribution in [2.45, 2.75) is 33.7 Å². The van der Waals surface area contributed by atoms with Gasteiger partial charge in [-0.2, -0.15) is 0 Å². The molecule has 1 aromatic carbocycles. The van der Waals surface area contributed by atoms with E-state index in [1.165, 1.54) is 6.07 Å². The highest BCUT2D eigenvalue weighted by atomic mass is 19.1. The van der Waals surface area contributed by atoms with Crippen molar-refractivity contribution in [1.29, 1.82) is 0 Å². The van der Waals surface area contributed by atoms with Gasteiger partial charge in [0, 0.05) is 31.4 Å². The lowest BCUT2D eigenvalue weighted by Gasteiger charge is -2.24. The molecule has 0 spiro atoms. The van der Waals surface area contributed by atoms with Crippen LogP contribution in [0.15, 0.2) is 18.2 Å². The summed E-state index contributed by atoms with van der Waals surface area (Å²) in [7, 11) is 2.03. The summed E-state index contributed by atoms with van der Waals surface area (Å²) in [6.45, 7) is 8.90. The fourth-order valence-corrected chi connectivity index (χ4v) is 2.12. The average Bonchev–Trinajstić information content (AvgIpc) is 2.30. The number of halogens is 1. The van der Waals surface area contributed by atoms with E-state index in [2.05, 4.69) is 31.0 Å². The van der Waals surface area contributed by atoms with Crippen LogP contribution in [-0.4, -0.2) is 20.1 Å². The second kappa shape index (κ2) is 7.37. The average molecular weight is 252 g/mol. The zero-order chi connectivity index (χ0) is 13.5. The molecule has 0 aliphatic carbocycles. The first-order valence-corrected chi connectivity index (χ1v) is 6.75. The van der Waals surface area contributed by atoms with Crippen molar-refractivity contribution >= 4 is 5.69 Å². The third-order valence-corrected chi connectivity index (χ3v) is 2.87. The Hall–Kier alpha value is -1.09. The SMILES string of the molecule is CCCNCc1c(F)cccc1N(C)CC(C)C. The van der Waals surface area contributed by atoms with E-state index in [-0.39, 0.29) is 5.82 Å². The van der Waals surface area contributed by atoms with Crippen LogP contribution in [-0.2, 0) is 6.54 Å². The van der Waals surface area contributed by atoms with Crippen molar-refractivity contribution in [3.05, 3.63) is 29.6 Å². The number of nitrogens with one attached hydrogen (secondary N) is 1. The van der Waals surface area contributed by atoms with Crippen LogP contribution in [0.5, 0.6) is 0 Å². The summed E-state index contributed by atoms with van der Waals surface area (Å²) in [6, 6.07) is 5.31. The summed E-state index contributed by atoms with van der Waals surface area (Å²) < 4.78 is 13.9. The van der Waals surface area contributed by atoms with E-state index in [4.69, 9.17) is 0 Å². The predicted octanol–water partition coefficient (Wildman–Crippen LogP) is 3.42. The van der Waals surface area contributed by atoms with Gasteiger partial charge >= 0.3 is 0 Å². The molecule has 0 aliphatic rings. The molecule has 0 saturated heterocycles. The summed E-state index contributed by atoms with van der Waals surface area (Å²) in [5.74, 6) is 0.446. The monoisotopic (exact) mass is 252 g/mol. The molecular formula is C15H25FN2. The topological polar surface area (TPSA) is 15.3 Å². The molecule has 0 saturated carbocycles. The molecule has 0 heterocycles. The highest BCUT2D eigenvalue weighted by Gasteiger charge is 2.12. The van der Waals surface area contributed by atoms with Gasteiger partial charge in [-0.1, -0.05) is 26.8 Å². The summed E-state index contributed by atoms with van der Waals surface area (Å²) in [5, 5.41) is 3.27. The zero-order valence-electron chi connectivity index (χ0n) is 12.0. The minimum Gasteiger partial charge on any atom is -0.374 e. The van der Waals surface area contributed by atoms with Crippen LogP contribution in [0.2, 0.25) is 0 Å². The molecule has 0 fully saturated rings. The Balaban J connectivity index is 2.85. The lowest BCUT2D eigenvalue weighted by atomic mass is 10.1. The van der Waals surface area contributed by atoms with Gasteiger partial charge in [-0.25, -0.2) is 4.39 Å². The van der Waals surface area contributed by atoms with Crippen molar-refractivity contribution in [3.63, 3.8) is 0 Å². The summed E-state index contributed by atoms with van der Waals surface area (Å²) in [6.07, 6.45) is 1.06. The molecule has 1 N–H and O–H groups in total. The molecule has 1 aromatic rings. The fraction of sp³-hybridized carbons (Fsp3) is 0.600. The molecule has 0 aliphatic heterocycles. The molecule has 0 aromatic heterocycles. The van der Waals surface area contributed by atoms with Crippen molar-refractivity contribution in [1.82, 2.24) is 5.32 Å². The maximum atomic E-state index is 13.9. The zero-order valence-corrected chi connectivity index (χ0v) is 12.0. The van der Waals surface area contributed by atoms with Crippen LogP contribution in [0, 0.1) is 11.7 Å². The van der Waals surface area contributed by atoms with E-state index in [0.29, 0.717) is 12.5 Å². The fourth-order valence-electron chi connectivity index (χ4n) is 2.12. The first-order chi connectivity index (χ1) is 8.56. The van der Waals surface area contributed by atoms with Crippen LogP contribution < -0.4 is 10.2 Å². The number of nitrogens with zero attached hydrogens (tertiary/aromatic N) is 1. The van der Waals surface area contributed by atoms with Gasteiger partial charge in [0.1, 0.15) is 5.82 Å². The molecule has 0 bridgehead atoms. The summed E-state index contributed by atoms with van der Waals surface area (Å²) >= 11 is 0. The Labute approximate surface area is 110 Å². The Morgan fingerprint density at radius 3 is 2.67 bits per heavy atom. The Morgan fingerprint density at radius 1 is 1.33 bits per heavy atom. The van der Waals surface area contributed by atoms with Crippen LogP contribution >= 0.6 is 0 Å². The van der Waals surface area contributed by atoms with E-state index >= 15 is 0 Å². The first-order valence-electron chi connectivity index (χ1n) is 6.75. The van der Waals surface area contributed by atoms with Gasteiger partial charge in [0.2, 0.25) is 0 Å². The summed E-state index contributed by atoms with van der Waals surface area (Å²) in [4.78, 5) is 2.14. The van der Waals surface area contributed by atoms with E-state index in [0.717, 1.165) is 30.8 Å². The quantitative estimate of drug-likeness (QED) is 0.748. The van der Waals surface area contributed by atoms with E-state index < -0.39 is 0 Å². The number of anilines is 1. The normalized spacial score (nSPS) is 11.0. The van der Waals surface area contributed by atoms with Gasteiger partial charge in [0.15, 0.2) is 0 Å². The molecule has 0 atom stereocenters. The highest BCUT2D eigenvalue weighted by Crippen LogP contribution is 2.23. The molecule has 3 heteroatoms. The highest BCUT2D eigenvalue weighted by molar-refractivity contribution is 5.53. The molecular weight excluding hydrogens is 227 g/mol. The molecule has 0 radical (unpaired) electrons. The van der Waals surface area contributed by atoms with Crippen molar-refractivity contribution < 1.29 is 4.39 Å². The van der Waals surface area contributed by atoms with Gasteiger partial charge < -0.3 is 10.2 Å². The predicted molar refractivity (Wildman–Crippen MR) is 76.5 cm³/mol. The van der Waals surface area contributed by atoms with Crippen LogP contribution in [0.1, 0.15) is 32.8 Å². The molecule has 102 valence electrons. The van der Waals surface area contributed by atoms with Gasteiger partial charge in [-0.3, -0.25) is 0 Å². The molecule has 1 rings (SSSR count). The summed E-state index contributed by atoms with van der Waals surface area (Å²) in [5.41, 5.74) is 1.77. The lowest BCUT2D eigenvalue weighted by Crippen LogP contribution is -2.25. The van der Waals surface area contributed by atoms with Crippen molar-refractivity contribution in [2.24, 2.45) is 5.92 Å². The second-order valence-electron chi connectivity index (χ2n) is 5.19. The Bertz CT molecular complexity index is 364. The Kier molecular flexibility index (Phi) is 6.13. The second-order valence-corrected chi connectivity index (χ2v) is 5.19. The molecule has 0 unspecified atom stereocenters. The number of hydrogen-bond acceptors (Lipinski definition) is 2. The van der Waals surface area contributed by atoms with Gasteiger partial charge in [-0.15, -0.1) is 0 Å². The lowest BCUT2D eigenvalue weighted by molar-refractivity contribution is 0.581. The van der Waals surface area contributed by atoms with E-state index in [1.807, 2.05) is 13.1 Å². The van der Waals surface area contributed by atoms with Gasteiger partial charge in [0.05, 0.1) is 0 Å². The maximum Gasteiger partial charge on any atom is 0.129 e. The molecule has 18 heavy (non-hydrogen) atoms. The van der Waals surface area contributed by atoms with Gasteiger partial charge in [0.25, 0.3) is 0 Å². The first kappa shape index (κ1) is 15.0. The maximum absolute atomic E-state index is 13.9. The number of hydrogen-bond donors (Lipinski definition) is 1. The third kappa shape index (κ3) is 4.30.